The normalized spacial score (nSPS) is 11.6. The topological polar surface area (TPSA) is 81.8 Å². The van der Waals surface area contributed by atoms with E-state index in [0.29, 0.717) is 18.1 Å². The number of aromatic nitrogens is 4. The van der Waals surface area contributed by atoms with E-state index in [-0.39, 0.29) is 10.7 Å². The highest BCUT2D eigenvalue weighted by Gasteiger charge is 2.17. The maximum atomic E-state index is 12.3. The smallest absolute Gasteiger partial charge is 0.266 e. The molecule has 0 aliphatic carbocycles. The zero-order valence-corrected chi connectivity index (χ0v) is 14.5. The third kappa shape index (κ3) is 3.77. The van der Waals surface area contributed by atoms with Gasteiger partial charge in [-0.05, 0) is 24.6 Å². The van der Waals surface area contributed by atoms with E-state index in [9.17, 15) is 8.42 Å². The van der Waals surface area contributed by atoms with E-state index < -0.39 is 10.0 Å². The van der Waals surface area contributed by atoms with E-state index in [4.69, 9.17) is 11.6 Å². The first-order chi connectivity index (χ1) is 11.5. The van der Waals surface area contributed by atoms with Gasteiger partial charge in [0.25, 0.3) is 10.0 Å². The minimum Gasteiger partial charge on any atom is -0.272 e. The summed E-state index contributed by atoms with van der Waals surface area (Å²) in [5.41, 5.74) is 0.976. The second-order valence-corrected chi connectivity index (χ2v) is 7.28. The Balaban J connectivity index is 1.73. The number of sulfonamides is 1. The summed E-state index contributed by atoms with van der Waals surface area (Å²) in [6.07, 6.45) is 4.49. The summed E-state index contributed by atoms with van der Waals surface area (Å²) in [5.74, 6) is 0.251. The third-order valence-corrected chi connectivity index (χ3v) is 4.90. The van der Waals surface area contributed by atoms with E-state index in [0.717, 1.165) is 5.56 Å². The summed E-state index contributed by atoms with van der Waals surface area (Å²) in [6.45, 7) is 2.98. The minimum atomic E-state index is -3.70. The molecule has 3 rings (SSSR count). The lowest BCUT2D eigenvalue weighted by Crippen LogP contribution is -2.13. The Labute approximate surface area is 144 Å². The Morgan fingerprint density at radius 3 is 2.79 bits per heavy atom. The zero-order chi connectivity index (χ0) is 17.2. The largest absolute Gasteiger partial charge is 0.272 e. The van der Waals surface area contributed by atoms with Crippen LogP contribution >= 0.6 is 11.6 Å². The molecule has 0 amide bonds. The van der Waals surface area contributed by atoms with E-state index in [2.05, 4.69) is 14.9 Å². The molecule has 0 atom stereocenters. The number of benzene rings is 1. The Hall–Kier alpha value is -2.32. The van der Waals surface area contributed by atoms with Crippen LogP contribution in [-0.2, 0) is 23.1 Å². The van der Waals surface area contributed by atoms with Crippen molar-refractivity contribution in [3.63, 3.8) is 0 Å². The second-order valence-electron chi connectivity index (χ2n) is 5.17. The summed E-state index contributed by atoms with van der Waals surface area (Å²) >= 11 is 5.96. The molecule has 1 N–H and O–H groups in total. The summed E-state index contributed by atoms with van der Waals surface area (Å²) in [4.78, 5) is 0.105. The molecule has 2 heterocycles. The molecule has 0 radical (unpaired) electrons. The molecule has 24 heavy (non-hydrogen) atoms. The number of nitrogens with zero attached hydrogens (tertiary/aromatic N) is 4. The molecule has 126 valence electrons. The zero-order valence-electron chi connectivity index (χ0n) is 12.9. The van der Waals surface area contributed by atoms with E-state index in [1.165, 1.54) is 12.4 Å². The number of aryl methyl sites for hydroxylation is 1. The molecule has 7 nitrogen and oxygen atoms in total. The molecule has 0 spiro atoms. The SMILES string of the molecule is CCn1cc(S(=O)(=O)Nc2ccn(Cc3cccc(Cl)c3)n2)cn1. The van der Waals surface area contributed by atoms with Crippen LogP contribution in [0, 0.1) is 0 Å². The molecule has 0 aliphatic rings. The van der Waals surface area contributed by atoms with Crippen molar-refractivity contribution in [2.45, 2.75) is 24.9 Å². The number of hydrogen-bond acceptors (Lipinski definition) is 4. The average Bonchev–Trinajstić information content (AvgIpc) is 3.16. The molecule has 0 saturated heterocycles. The molecule has 1 aromatic carbocycles. The minimum absolute atomic E-state index is 0.105. The molecular formula is C15H16ClN5O2S. The van der Waals surface area contributed by atoms with Crippen LogP contribution < -0.4 is 4.72 Å². The van der Waals surface area contributed by atoms with Gasteiger partial charge in [0.05, 0.1) is 12.7 Å². The van der Waals surface area contributed by atoms with Gasteiger partial charge in [0, 0.05) is 30.0 Å². The maximum Gasteiger partial charge on any atom is 0.266 e. The number of halogens is 1. The summed E-state index contributed by atoms with van der Waals surface area (Å²) < 4.78 is 30.3. The molecule has 0 unspecified atom stereocenters. The second kappa shape index (κ2) is 6.66. The number of rotatable bonds is 6. The monoisotopic (exact) mass is 365 g/mol. The van der Waals surface area contributed by atoms with Gasteiger partial charge in [-0.2, -0.15) is 10.2 Å². The first-order valence-electron chi connectivity index (χ1n) is 7.29. The Kier molecular flexibility index (Phi) is 4.59. The Morgan fingerprint density at radius 2 is 2.08 bits per heavy atom. The van der Waals surface area contributed by atoms with Crippen LogP contribution in [-0.4, -0.2) is 28.0 Å². The van der Waals surface area contributed by atoms with Crippen LogP contribution in [0.3, 0.4) is 0 Å². The van der Waals surface area contributed by atoms with Crippen molar-refractivity contribution in [3.05, 3.63) is 59.5 Å². The Bertz CT molecular complexity index is 948. The fraction of sp³-hybridized carbons (Fsp3) is 0.200. The van der Waals surface area contributed by atoms with Crippen LogP contribution in [0.5, 0.6) is 0 Å². The van der Waals surface area contributed by atoms with Crippen molar-refractivity contribution in [2.24, 2.45) is 0 Å². The van der Waals surface area contributed by atoms with E-state index in [1.807, 2.05) is 25.1 Å². The lowest BCUT2D eigenvalue weighted by Gasteiger charge is -2.04. The Morgan fingerprint density at radius 1 is 1.25 bits per heavy atom. The van der Waals surface area contributed by atoms with Crippen molar-refractivity contribution in [1.29, 1.82) is 0 Å². The number of hydrogen-bond donors (Lipinski definition) is 1. The van der Waals surface area contributed by atoms with E-state index >= 15 is 0 Å². The predicted octanol–water partition coefficient (Wildman–Crippen LogP) is 2.60. The van der Waals surface area contributed by atoms with Crippen LogP contribution in [0.2, 0.25) is 5.02 Å². The molecule has 0 saturated carbocycles. The van der Waals surface area contributed by atoms with Gasteiger partial charge in [-0.1, -0.05) is 23.7 Å². The van der Waals surface area contributed by atoms with Crippen molar-refractivity contribution in [3.8, 4) is 0 Å². The van der Waals surface area contributed by atoms with Gasteiger partial charge in [0.2, 0.25) is 0 Å². The van der Waals surface area contributed by atoms with Crippen LogP contribution in [0.4, 0.5) is 5.82 Å². The highest BCUT2D eigenvalue weighted by atomic mass is 35.5. The first kappa shape index (κ1) is 16.5. The highest BCUT2D eigenvalue weighted by Crippen LogP contribution is 2.15. The number of anilines is 1. The molecule has 0 bridgehead atoms. The van der Waals surface area contributed by atoms with Crippen molar-refractivity contribution in [2.75, 3.05) is 4.72 Å². The quantitative estimate of drug-likeness (QED) is 0.728. The van der Waals surface area contributed by atoms with Gasteiger partial charge in [0.1, 0.15) is 4.90 Å². The van der Waals surface area contributed by atoms with Crippen LogP contribution in [0.1, 0.15) is 12.5 Å². The van der Waals surface area contributed by atoms with Gasteiger partial charge in [-0.3, -0.25) is 14.1 Å². The summed E-state index contributed by atoms with van der Waals surface area (Å²) in [6, 6.07) is 9.02. The van der Waals surface area contributed by atoms with Crippen molar-refractivity contribution in [1.82, 2.24) is 19.6 Å². The molecule has 9 heteroatoms. The first-order valence-corrected chi connectivity index (χ1v) is 9.15. The van der Waals surface area contributed by atoms with Gasteiger partial charge in [-0.25, -0.2) is 8.42 Å². The van der Waals surface area contributed by atoms with Gasteiger partial charge in [-0.15, -0.1) is 0 Å². The van der Waals surface area contributed by atoms with Crippen LogP contribution in [0.15, 0.2) is 53.8 Å². The third-order valence-electron chi connectivity index (χ3n) is 3.36. The molecular weight excluding hydrogens is 350 g/mol. The standard InChI is InChI=1S/C15H16ClN5O2S/c1-2-20-11-14(9-17-20)24(22,23)19-15-6-7-21(18-15)10-12-4-3-5-13(16)8-12/h3-9,11H,2,10H2,1H3,(H,18,19). The fourth-order valence-corrected chi connectivity index (χ4v) is 3.34. The van der Waals surface area contributed by atoms with Crippen LogP contribution in [0.25, 0.3) is 0 Å². The summed E-state index contributed by atoms with van der Waals surface area (Å²) in [7, 11) is -3.70. The summed E-state index contributed by atoms with van der Waals surface area (Å²) in [5, 5.41) is 8.85. The highest BCUT2D eigenvalue weighted by molar-refractivity contribution is 7.92. The molecule has 0 aliphatic heterocycles. The predicted molar refractivity (Wildman–Crippen MR) is 91.5 cm³/mol. The van der Waals surface area contributed by atoms with Gasteiger partial charge >= 0.3 is 0 Å². The van der Waals surface area contributed by atoms with Crippen molar-refractivity contribution < 1.29 is 8.42 Å². The van der Waals surface area contributed by atoms with Gasteiger partial charge < -0.3 is 0 Å². The lowest BCUT2D eigenvalue weighted by molar-refractivity contribution is 0.600. The number of nitrogens with one attached hydrogen (secondary N) is 1. The molecule has 0 fully saturated rings. The average molecular weight is 366 g/mol. The van der Waals surface area contributed by atoms with Gasteiger partial charge in [0.15, 0.2) is 5.82 Å². The van der Waals surface area contributed by atoms with Crippen molar-refractivity contribution >= 4 is 27.4 Å². The van der Waals surface area contributed by atoms with E-state index in [1.54, 1.807) is 27.7 Å². The maximum absolute atomic E-state index is 12.3. The molecule has 2 aromatic heterocycles. The lowest BCUT2D eigenvalue weighted by atomic mass is 10.2. The molecule has 3 aromatic rings. The fourth-order valence-electron chi connectivity index (χ4n) is 2.18.